The summed E-state index contributed by atoms with van der Waals surface area (Å²) in [5.41, 5.74) is -0.905. The number of nitrogens with zero attached hydrogens (tertiary/aromatic N) is 2. The first kappa shape index (κ1) is 19.7. The average Bonchev–Trinajstić information content (AvgIpc) is 2.55. The average molecular weight is 395 g/mol. The topological polar surface area (TPSA) is 47.6 Å². The molecule has 1 fully saturated rings. The van der Waals surface area contributed by atoms with E-state index in [0.29, 0.717) is 31.3 Å². The van der Waals surface area contributed by atoms with Crippen molar-refractivity contribution in [3.63, 3.8) is 0 Å². The Balaban J connectivity index is 1.90. The molecule has 0 saturated carbocycles. The molecule has 0 radical (unpaired) electrons. The molecular formula is C15H18ClF3N4OS. The normalized spacial score (nSPS) is 15.8. The second kappa shape index (κ2) is 8.20. The molecule has 1 amide bonds. The highest BCUT2D eigenvalue weighted by Crippen LogP contribution is 2.36. The fraction of sp³-hybridized carbons (Fsp3) is 0.467. The second-order valence-electron chi connectivity index (χ2n) is 5.56. The monoisotopic (exact) mass is 394 g/mol. The molecule has 10 heteroatoms. The number of halogens is 4. The Morgan fingerprint density at radius 3 is 2.48 bits per heavy atom. The van der Waals surface area contributed by atoms with E-state index in [-0.39, 0.29) is 18.1 Å². The Labute approximate surface area is 154 Å². The molecule has 1 heterocycles. The van der Waals surface area contributed by atoms with Crippen molar-refractivity contribution in [3.05, 3.63) is 28.8 Å². The number of hydrogen-bond acceptors (Lipinski definition) is 3. The third-order valence-electron chi connectivity index (χ3n) is 3.80. The summed E-state index contributed by atoms with van der Waals surface area (Å²) < 4.78 is 38.5. The van der Waals surface area contributed by atoms with Gasteiger partial charge in [0, 0.05) is 38.9 Å². The lowest BCUT2D eigenvalue weighted by atomic mass is 10.2. The molecule has 0 spiro atoms. The molecule has 0 bridgehead atoms. The van der Waals surface area contributed by atoms with Crippen molar-refractivity contribution in [1.82, 2.24) is 15.1 Å². The van der Waals surface area contributed by atoms with Gasteiger partial charge in [0.2, 0.25) is 5.91 Å². The molecule has 1 aliphatic rings. The molecule has 2 N–H and O–H groups in total. The quantitative estimate of drug-likeness (QED) is 0.771. The molecule has 0 aliphatic carbocycles. The molecule has 25 heavy (non-hydrogen) atoms. The fourth-order valence-corrected chi connectivity index (χ4v) is 2.90. The number of alkyl halides is 3. The molecule has 1 aliphatic heterocycles. The first-order chi connectivity index (χ1) is 11.7. The lowest BCUT2D eigenvalue weighted by Crippen LogP contribution is -2.52. The molecule has 0 unspecified atom stereocenters. The number of thiocarbonyl (C=S) groups is 1. The number of nitrogens with one attached hydrogen (secondary N) is 2. The van der Waals surface area contributed by atoms with Crippen LogP contribution in [0.5, 0.6) is 0 Å². The van der Waals surface area contributed by atoms with E-state index in [1.54, 1.807) is 7.05 Å². The summed E-state index contributed by atoms with van der Waals surface area (Å²) in [6.07, 6.45) is -4.57. The standard InChI is InChI=1S/C15H18ClF3N4OS/c1-20-14(25)23-6-4-22(5-7-23)9-13(24)21-10-2-3-12(16)11(8-10)15(17,18)19/h2-3,8H,4-7,9H2,1H3,(H,20,25)(H,21,24). The van der Waals surface area contributed by atoms with E-state index in [1.807, 2.05) is 9.80 Å². The smallest absolute Gasteiger partial charge is 0.366 e. The van der Waals surface area contributed by atoms with E-state index in [4.69, 9.17) is 23.8 Å². The van der Waals surface area contributed by atoms with Crippen LogP contribution >= 0.6 is 23.8 Å². The van der Waals surface area contributed by atoms with Crippen LogP contribution in [-0.4, -0.2) is 60.6 Å². The Bertz CT molecular complexity index is 648. The van der Waals surface area contributed by atoms with Crippen LogP contribution < -0.4 is 10.6 Å². The maximum absolute atomic E-state index is 12.8. The summed E-state index contributed by atoms with van der Waals surface area (Å²) in [4.78, 5) is 16.0. The molecule has 138 valence electrons. The number of anilines is 1. The zero-order valence-electron chi connectivity index (χ0n) is 13.5. The number of benzene rings is 1. The maximum atomic E-state index is 12.8. The van der Waals surface area contributed by atoms with Crippen molar-refractivity contribution in [1.29, 1.82) is 0 Å². The molecule has 2 rings (SSSR count). The minimum Gasteiger partial charge on any atom is -0.366 e. The van der Waals surface area contributed by atoms with Crippen molar-refractivity contribution in [3.8, 4) is 0 Å². The number of amides is 1. The summed E-state index contributed by atoms with van der Waals surface area (Å²) in [6.45, 7) is 2.76. The van der Waals surface area contributed by atoms with Gasteiger partial charge in [-0.3, -0.25) is 9.69 Å². The van der Waals surface area contributed by atoms with Crippen LogP contribution in [-0.2, 0) is 11.0 Å². The Morgan fingerprint density at radius 1 is 1.28 bits per heavy atom. The zero-order chi connectivity index (χ0) is 18.6. The van der Waals surface area contributed by atoms with E-state index in [2.05, 4.69) is 10.6 Å². The summed E-state index contributed by atoms with van der Waals surface area (Å²) in [5.74, 6) is -0.375. The minimum atomic E-state index is -4.57. The van der Waals surface area contributed by atoms with Gasteiger partial charge >= 0.3 is 6.18 Å². The highest BCUT2D eigenvalue weighted by atomic mass is 35.5. The van der Waals surface area contributed by atoms with Gasteiger partial charge in [-0.15, -0.1) is 0 Å². The van der Waals surface area contributed by atoms with Gasteiger partial charge in [-0.25, -0.2) is 0 Å². The third-order valence-corrected chi connectivity index (χ3v) is 4.59. The van der Waals surface area contributed by atoms with Crippen molar-refractivity contribution in [2.45, 2.75) is 6.18 Å². The highest BCUT2D eigenvalue weighted by Gasteiger charge is 2.33. The van der Waals surface area contributed by atoms with Crippen LogP contribution in [0.3, 0.4) is 0 Å². The third kappa shape index (κ3) is 5.45. The van der Waals surface area contributed by atoms with Crippen LogP contribution in [0.25, 0.3) is 0 Å². The minimum absolute atomic E-state index is 0.0664. The number of carbonyl (C=O) groups excluding carboxylic acids is 1. The first-order valence-electron chi connectivity index (χ1n) is 7.56. The van der Waals surface area contributed by atoms with E-state index >= 15 is 0 Å². The summed E-state index contributed by atoms with van der Waals surface area (Å²) in [6, 6.07) is 3.31. The van der Waals surface area contributed by atoms with Crippen molar-refractivity contribution in [2.24, 2.45) is 0 Å². The Kier molecular flexibility index (Phi) is 6.47. The van der Waals surface area contributed by atoms with E-state index in [9.17, 15) is 18.0 Å². The van der Waals surface area contributed by atoms with E-state index < -0.39 is 16.8 Å². The molecule has 5 nitrogen and oxygen atoms in total. The van der Waals surface area contributed by atoms with Crippen LogP contribution in [0.4, 0.5) is 18.9 Å². The molecule has 0 aromatic heterocycles. The predicted molar refractivity (Wildman–Crippen MR) is 94.8 cm³/mol. The number of rotatable bonds is 3. The van der Waals surface area contributed by atoms with Crippen LogP contribution in [0.15, 0.2) is 18.2 Å². The summed E-state index contributed by atoms with van der Waals surface area (Å²) >= 11 is 10.7. The van der Waals surface area contributed by atoms with Crippen LogP contribution in [0.2, 0.25) is 5.02 Å². The first-order valence-corrected chi connectivity index (χ1v) is 8.35. The largest absolute Gasteiger partial charge is 0.417 e. The zero-order valence-corrected chi connectivity index (χ0v) is 15.1. The van der Waals surface area contributed by atoms with Crippen LogP contribution in [0, 0.1) is 0 Å². The molecule has 1 aromatic carbocycles. The van der Waals surface area contributed by atoms with Gasteiger partial charge in [0.15, 0.2) is 5.11 Å². The van der Waals surface area contributed by atoms with Crippen molar-refractivity contribution >= 4 is 40.5 Å². The molecule has 1 saturated heterocycles. The van der Waals surface area contributed by atoms with Gasteiger partial charge in [0.25, 0.3) is 0 Å². The molecular weight excluding hydrogens is 377 g/mol. The number of hydrogen-bond donors (Lipinski definition) is 2. The SMILES string of the molecule is CNC(=S)N1CCN(CC(=O)Nc2ccc(Cl)c(C(F)(F)F)c2)CC1. The predicted octanol–water partition coefficient (Wildman–Crippen LogP) is 2.42. The van der Waals surface area contributed by atoms with Gasteiger partial charge in [-0.05, 0) is 30.4 Å². The highest BCUT2D eigenvalue weighted by molar-refractivity contribution is 7.80. The Hall–Kier alpha value is -1.58. The summed E-state index contributed by atoms with van der Waals surface area (Å²) in [7, 11) is 1.75. The number of carbonyl (C=O) groups is 1. The Morgan fingerprint density at radius 2 is 1.92 bits per heavy atom. The van der Waals surface area contributed by atoms with Crippen molar-refractivity contribution in [2.75, 3.05) is 45.1 Å². The van der Waals surface area contributed by atoms with Crippen molar-refractivity contribution < 1.29 is 18.0 Å². The summed E-state index contributed by atoms with van der Waals surface area (Å²) in [5, 5.41) is 5.64. The molecule has 1 aromatic rings. The number of piperazine rings is 1. The fourth-order valence-electron chi connectivity index (χ4n) is 2.49. The van der Waals surface area contributed by atoms with Gasteiger partial charge in [0.1, 0.15) is 0 Å². The van der Waals surface area contributed by atoms with E-state index in [1.165, 1.54) is 6.07 Å². The lowest BCUT2D eigenvalue weighted by molar-refractivity contribution is -0.137. The van der Waals surface area contributed by atoms with Gasteiger partial charge in [-0.2, -0.15) is 13.2 Å². The lowest BCUT2D eigenvalue weighted by Gasteiger charge is -2.35. The maximum Gasteiger partial charge on any atom is 0.417 e. The second-order valence-corrected chi connectivity index (χ2v) is 6.35. The van der Waals surface area contributed by atoms with Gasteiger partial charge < -0.3 is 15.5 Å². The van der Waals surface area contributed by atoms with Gasteiger partial charge in [-0.1, -0.05) is 11.6 Å². The molecule has 0 atom stereocenters. The van der Waals surface area contributed by atoms with Gasteiger partial charge in [0.05, 0.1) is 17.1 Å². The van der Waals surface area contributed by atoms with E-state index in [0.717, 1.165) is 12.1 Å². The van der Waals surface area contributed by atoms with Crippen LogP contribution in [0.1, 0.15) is 5.56 Å².